The monoisotopic (exact) mass is 345 g/mol. The van der Waals surface area contributed by atoms with Crippen LogP contribution in [0.1, 0.15) is 24.4 Å². The summed E-state index contributed by atoms with van der Waals surface area (Å²) in [6.07, 6.45) is -3.33. The van der Waals surface area contributed by atoms with E-state index in [9.17, 15) is 25.2 Å². The Morgan fingerprint density at radius 3 is 2.17 bits per heavy atom. The van der Waals surface area contributed by atoms with Gasteiger partial charge in [0.05, 0.1) is 42.9 Å². The Kier molecular flexibility index (Phi) is 8.11. The highest BCUT2D eigenvalue weighted by atomic mass is 16.4. The lowest BCUT2D eigenvalue weighted by atomic mass is 10.0. The van der Waals surface area contributed by atoms with Gasteiger partial charge in [0.25, 0.3) is 0 Å². The molecule has 136 valence electrons. The second-order valence-corrected chi connectivity index (χ2v) is 5.38. The maximum absolute atomic E-state index is 11.1. The zero-order valence-electron chi connectivity index (χ0n) is 13.1. The van der Waals surface area contributed by atoms with E-state index in [1.165, 1.54) is 19.3 Å². The number of hydrogen-bond acceptors (Lipinski definition) is 9. The topological polar surface area (TPSA) is 176 Å². The van der Waals surface area contributed by atoms with Gasteiger partial charge in [-0.2, -0.15) is 0 Å². The van der Waals surface area contributed by atoms with Crippen LogP contribution in [-0.2, 0) is 11.2 Å². The summed E-state index contributed by atoms with van der Waals surface area (Å²) in [6, 6.07) is -0.764. The predicted molar refractivity (Wildman–Crippen MR) is 80.5 cm³/mol. The molecular formula is C14H23N3O7. The number of rotatable bonds is 9. The van der Waals surface area contributed by atoms with Gasteiger partial charge in [-0.15, -0.1) is 0 Å². The lowest BCUT2D eigenvalue weighted by Gasteiger charge is -2.22. The minimum atomic E-state index is -1.63. The summed E-state index contributed by atoms with van der Waals surface area (Å²) in [6.45, 7) is 0.0116. The SMILES string of the molecule is CC(=O)N[C@@H](Cc1cnc([C@@H](O)[C@H](O)[C@H](O)CO)cn1)[C@H](O)CO. The summed E-state index contributed by atoms with van der Waals surface area (Å²) in [4.78, 5) is 19.1. The van der Waals surface area contributed by atoms with Gasteiger partial charge < -0.3 is 36.0 Å². The molecule has 0 aromatic carbocycles. The van der Waals surface area contributed by atoms with Crippen molar-refractivity contribution in [3.8, 4) is 0 Å². The summed E-state index contributed by atoms with van der Waals surface area (Å²) >= 11 is 0. The molecule has 1 aromatic heterocycles. The molecule has 0 saturated carbocycles. The van der Waals surface area contributed by atoms with Crippen LogP contribution in [0, 0.1) is 0 Å². The van der Waals surface area contributed by atoms with E-state index in [1.54, 1.807) is 0 Å². The third-order valence-corrected chi connectivity index (χ3v) is 3.40. The molecule has 0 fully saturated rings. The van der Waals surface area contributed by atoms with Gasteiger partial charge in [0.2, 0.25) is 5.91 Å². The number of aliphatic hydroxyl groups excluding tert-OH is 6. The zero-order chi connectivity index (χ0) is 18.3. The fraction of sp³-hybridized carbons (Fsp3) is 0.643. The van der Waals surface area contributed by atoms with Crippen molar-refractivity contribution < 1.29 is 35.4 Å². The Balaban J connectivity index is 2.80. The predicted octanol–water partition coefficient (Wildman–Crippen LogP) is -3.38. The fourth-order valence-electron chi connectivity index (χ4n) is 2.01. The second-order valence-electron chi connectivity index (χ2n) is 5.38. The smallest absolute Gasteiger partial charge is 0.217 e. The lowest BCUT2D eigenvalue weighted by Crippen LogP contribution is -2.45. The van der Waals surface area contributed by atoms with Crippen LogP contribution in [0.25, 0.3) is 0 Å². The molecule has 0 aliphatic rings. The van der Waals surface area contributed by atoms with Crippen LogP contribution < -0.4 is 5.32 Å². The average Bonchev–Trinajstić information content (AvgIpc) is 2.58. The highest BCUT2D eigenvalue weighted by molar-refractivity contribution is 5.73. The van der Waals surface area contributed by atoms with E-state index < -0.39 is 43.7 Å². The van der Waals surface area contributed by atoms with Crippen molar-refractivity contribution in [3.05, 3.63) is 23.8 Å². The number of aromatic nitrogens is 2. The van der Waals surface area contributed by atoms with E-state index in [-0.39, 0.29) is 18.0 Å². The third-order valence-electron chi connectivity index (χ3n) is 3.40. The molecule has 10 nitrogen and oxygen atoms in total. The average molecular weight is 345 g/mol. The molecule has 0 saturated heterocycles. The molecule has 0 aliphatic heterocycles. The Hall–Kier alpha value is -1.69. The standard InChI is InChI=1S/C14H23N3O7/c1-7(20)17-9(11(21)5-18)2-8-3-16-10(4-15-8)13(23)14(24)12(22)6-19/h3-4,9,11-14,18-19,21-24H,2,5-6H2,1H3,(H,17,20)/t9-,11+,12+,13+,14+/m0/s1. The number of nitrogens with one attached hydrogen (secondary N) is 1. The quantitative estimate of drug-likeness (QED) is 0.241. The highest BCUT2D eigenvalue weighted by Gasteiger charge is 2.27. The maximum Gasteiger partial charge on any atom is 0.217 e. The Bertz CT molecular complexity index is 514. The van der Waals surface area contributed by atoms with E-state index in [1.807, 2.05) is 0 Å². The zero-order valence-corrected chi connectivity index (χ0v) is 13.1. The maximum atomic E-state index is 11.1. The first-order chi connectivity index (χ1) is 11.3. The number of hydrogen-bond donors (Lipinski definition) is 7. The molecule has 0 radical (unpaired) electrons. The van der Waals surface area contributed by atoms with Crippen molar-refractivity contribution >= 4 is 5.91 Å². The van der Waals surface area contributed by atoms with Crippen molar-refractivity contribution in [2.75, 3.05) is 13.2 Å². The van der Waals surface area contributed by atoms with Crippen LogP contribution in [-0.4, -0.2) is 84.1 Å². The van der Waals surface area contributed by atoms with Gasteiger partial charge in [0.15, 0.2) is 0 Å². The number of nitrogens with zero attached hydrogens (tertiary/aromatic N) is 2. The van der Waals surface area contributed by atoms with Crippen LogP contribution in [0.5, 0.6) is 0 Å². The molecular weight excluding hydrogens is 322 g/mol. The van der Waals surface area contributed by atoms with Crippen LogP contribution in [0.4, 0.5) is 0 Å². The van der Waals surface area contributed by atoms with E-state index in [0.29, 0.717) is 5.69 Å². The van der Waals surface area contributed by atoms with E-state index in [0.717, 1.165) is 0 Å². The minimum Gasteiger partial charge on any atom is -0.394 e. The lowest BCUT2D eigenvalue weighted by molar-refractivity contribution is -0.120. The Morgan fingerprint density at radius 2 is 1.71 bits per heavy atom. The van der Waals surface area contributed by atoms with E-state index in [2.05, 4.69) is 15.3 Å². The fourth-order valence-corrected chi connectivity index (χ4v) is 2.01. The van der Waals surface area contributed by atoms with Crippen LogP contribution >= 0.6 is 0 Å². The minimum absolute atomic E-state index is 0.0162. The molecule has 1 aromatic rings. The number of carbonyl (C=O) groups excluding carboxylic acids is 1. The van der Waals surface area contributed by atoms with Gasteiger partial charge in [0, 0.05) is 19.5 Å². The number of amides is 1. The number of carbonyl (C=O) groups is 1. The van der Waals surface area contributed by atoms with Crippen LogP contribution in [0.2, 0.25) is 0 Å². The normalized spacial score (nSPS) is 17.6. The van der Waals surface area contributed by atoms with Crippen molar-refractivity contribution in [2.24, 2.45) is 0 Å². The summed E-state index contributed by atoms with van der Waals surface area (Å²) < 4.78 is 0. The van der Waals surface area contributed by atoms with Crippen molar-refractivity contribution in [1.82, 2.24) is 15.3 Å². The molecule has 1 amide bonds. The molecule has 1 rings (SSSR count). The second kappa shape index (κ2) is 9.57. The molecule has 1 heterocycles. The molecule has 7 N–H and O–H groups in total. The van der Waals surface area contributed by atoms with Crippen molar-refractivity contribution in [2.45, 2.75) is 43.8 Å². The first-order valence-electron chi connectivity index (χ1n) is 7.32. The molecule has 5 atom stereocenters. The van der Waals surface area contributed by atoms with E-state index >= 15 is 0 Å². The molecule has 0 bridgehead atoms. The van der Waals surface area contributed by atoms with Gasteiger partial charge in [-0.1, -0.05) is 0 Å². The number of aliphatic hydroxyl groups is 6. The summed E-state index contributed by atoms with van der Waals surface area (Å²) in [7, 11) is 0. The van der Waals surface area contributed by atoms with Gasteiger partial charge in [-0.05, 0) is 0 Å². The third kappa shape index (κ3) is 5.74. The van der Waals surface area contributed by atoms with Crippen molar-refractivity contribution in [3.63, 3.8) is 0 Å². The Labute approximate surface area is 138 Å². The largest absolute Gasteiger partial charge is 0.394 e. The molecule has 10 heteroatoms. The molecule has 0 unspecified atom stereocenters. The molecule has 24 heavy (non-hydrogen) atoms. The van der Waals surface area contributed by atoms with Crippen LogP contribution in [0.3, 0.4) is 0 Å². The van der Waals surface area contributed by atoms with Crippen LogP contribution in [0.15, 0.2) is 12.4 Å². The van der Waals surface area contributed by atoms with Gasteiger partial charge >= 0.3 is 0 Å². The highest BCUT2D eigenvalue weighted by Crippen LogP contribution is 2.16. The van der Waals surface area contributed by atoms with Gasteiger partial charge in [-0.25, -0.2) is 0 Å². The summed E-state index contributed by atoms with van der Waals surface area (Å²) in [5, 5.41) is 58.7. The Morgan fingerprint density at radius 1 is 1.08 bits per heavy atom. The molecule has 0 aliphatic carbocycles. The summed E-state index contributed by atoms with van der Waals surface area (Å²) in [5.74, 6) is -0.381. The molecule has 0 spiro atoms. The summed E-state index contributed by atoms with van der Waals surface area (Å²) in [5.41, 5.74) is 0.354. The first kappa shape index (κ1) is 20.4. The van der Waals surface area contributed by atoms with Gasteiger partial charge in [0.1, 0.15) is 18.3 Å². The van der Waals surface area contributed by atoms with Crippen molar-refractivity contribution in [1.29, 1.82) is 0 Å². The van der Waals surface area contributed by atoms with E-state index in [4.69, 9.17) is 10.2 Å². The van der Waals surface area contributed by atoms with Gasteiger partial charge in [-0.3, -0.25) is 14.8 Å². The first-order valence-corrected chi connectivity index (χ1v) is 7.32.